The standard InChI is InChI=1S/C20H19N3O5/c1-12(18-22-15-9-5-3-7-13(15)20(26)23-18)28-17(24)11-21-19(25)14-8-4-6-10-16(14)27-2/h3-10,12H,11H2,1-2H3,(H,21,25)(H,22,23,26). The van der Waals surface area contributed by atoms with Crippen LogP contribution in [-0.4, -0.2) is 35.5 Å². The van der Waals surface area contributed by atoms with Crippen molar-refractivity contribution < 1.29 is 19.1 Å². The van der Waals surface area contributed by atoms with Crippen LogP contribution in [0.1, 0.15) is 29.2 Å². The topological polar surface area (TPSA) is 110 Å². The number of carbonyl (C=O) groups excluding carboxylic acids is 2. The molecular formula is C20H19N3O5. The largest absolute Gasteiger partial charge is 0.496 e. The maximum atomic E-state index is 12.2. The molecule has 1 amide bonds. The average Bonchev–Trinajstić information content (AvgIpc) is 2.71. The molecule has 0 saturated carbocycles. The molecule has 28 heavy (non-hydrogen) atoms. The van der Waals surface area contributed by atoms with Gasteiger partial charge in [0.25, 0.3) is 11.5 Å². The number of aromatic nitrogens is 2. The summed E-state index contributed by atoms with van der Waals surface area (Å²) in [6.07, 6.45) is -0.784. The van der Waals surface area contributed by atoms with Gasteiger partial charge in [-0.15, -0.1) is 0 Å². The van der Waals surface area contributed by atoms with Gasteiger partial charge in [-0.25, -0.2) is 4.98 Å². The van der Waals surface area contributed by atoms with Crippen LogP contribution in [0.25, 0.3) is 10.9 Å². The molecule has 0 fully saturated rings. The first-order chi connectivity index (χ1) is 13.5. The van der Waals surface area contributed by atoms with E-state index >= 15 is 0 Å². The van der Waals surface area contributed by atoms with E-state index in [1.165, 1.54) is 7.11 Å². The van der Waals surface area contributed by atoms with Gasteiger partial charge in [-0.2, -0.15) is 0 Å². The van der Waals surface area contributed by atoms with Gasteiger partial charge in [-0.05, 0) is 31.2 Å². The second-order valence-electron chi connectivity index (χ2n) is 5.98. The molecule has 0 aliphatic heterocycles. The molecular weight excluding hydrogens is 362 g/mol. The fourth-order valence-electron chi connectivity index (χ4n) is 2.67. The molecule has 0 bridgehead atoms. The number of hydrogen-bond acceptors (Lipinski definition) is 6. The molecule has 2 aromatic carbocycles. The molecule has 8 heteroatoms. The molecule has 0 radical (unpaired) electrons. The van der Waals surface area contributed by atoms with Gasteiger partial charge in [0.1, 0.15) is 12.3 Å². The van der Waals surface area contributed by atoms with Gasteiger partial charge in [0, 0.05) is 0 Å². The highest BCUT2D eigenvalue weighted by Gasteiger charge is 2.17. The third-order valence-corrected chi connectivity index (χ3v) is 4.07. The molecule has 0 aliphatic carbocycles. The number of fused-ring (bicyclic) bond motifs is 1. The van der Waals surface area contributed by atoms with Crippen LogP contribution in [-0.2, 0) is 9.53 Å². The number of ether oxygens (including phenoxy) is 2. The van der Waals surface area contributed by atoms with Crippen LogP contribution < -0.4 is 15.6 Å². The van der Waals surface area contributed by atoms with Gasteiger partial charge in [0.15, 0.2) is 11.9 Å². The lowest BCUT2D eigenvalue weighted by Gasteiger charge is -2.14. The maximum Gasteiger partial charge on any atom is 0.326 e. The van der Waals surface area contributed by atoms with E-state index in [1.807, 2.05) is 0 Å². The first-order valence-corrected chi connectivity index (χ1v) is 8.59. The van der Waals surface area contributed by atoms with E-state index in [9.17, 15) is 14.4 Å². The second-order valence-corrected chi connectivity index (χ2v) is 5.98. The van der Waals surface area contributed by atoms with Gasteiger partial charge in [0.05, 0.1) is 23.6 Å². The summed E-state index contributed by atoms with van der Waals surface area (Å²) in [6, 6.07) is 13.5. The minimum absolute atomic E-state index is 0.230. The van der Waals surface area contributed by atoms with Crippen molar-refractivity contribution in [1.29, 1.82) is 0 Å². The second kappa shape index (κ2) is 8.34. The number of nitrogens with one attached hydrogen (secondary N) is 2. The van der Waals surface area contributed by atoms with Crippen LogP contribution in [0, 0.1) is 0 Å². The number of amides is 1. The van der Waals surface area contributed by atoms with Crippen molar-refractivity contribution in [2.24, 2.45) is 0 Å². The Morgan fingerprint density at radius 2 is 1.86 bits per heavy atom. The van der Waals surface area contributed by atoms with Crippen molar-refractivity contribution in [2.75, 3.05) is 13.7 Å². The highest BCUT2D eigenvalue weighted by molar-refractivity contribution is 5.98. The highest BCUT2D eigenvalue weighted by Crippen LogP contribution is 2.17. The Morgan fingerprint density at radius 1 is 1.14 bits per heavy atom. The van der Waals surface area contributed by atoms with E-state index in [1.54, 1.807) is 55.5 Å². The number of nitrogens with zero attached hydrogens (tertiary/aromatic N) is 1. The Morgan fingerprint density at radius 3 is 2.64 bits per heavy atom. The van der Waals surface area contributed by atoms with Gasteiger partial charge >= 0.3 is 5.97 Å². The van der Waals surface area contributed by atoms with Crippen molar-refractivity contribution in [3.63, 3.8) is 0 Å². The zero-order valence-corrected chi connectivity index (χ0v) is 15.4. The average molecular weight is 381 g/mol. The summed E-state index contributed by atoms with van der Waals surface area (Å²) in [5, 5.41) is 2.94. The number of rotatable bonds is 6. The quantitative estimate of drug-likeness (QED) is 0.632. The van der Waals surface area contributed by atoms with Crippen molar-refractivity contribution in [3.05, 3.63) is 70.3 Å². The van der Waals surface area contributed by atoms with E-state index < -0.39 is 18.0 Å². The van der Waals surface area contributed by atoms with Crippen LogP contribution in [0.3, 0.4) is 0 Å². The number of para-hydroxylation sites is 2. The molecule has 3 aromatic rings. The van der Waals surface area contributed by atoms with E-state index in [-0.39, 0.29) is 17.9 Å². The normalized spacial score (nSPS) is 11.6. The number of H-pyrrole nitrogens is 1. The lowest BCUT2D eigenvalue weighted by atomic mass is 10.2. The Kier molecular flexibility index (Phi) is 5.69. The van der Waals surface area contributed by atoms with Gasteiger partial charge < -0.3 is 19.8 Å². The van der Waals surface area contributed by atoms with Crippen LogP contribution in [0.5, 0.6) is 5.75 Å². The first kappa shape index (κ1) is 19.1. The maximum absolute atomic E-state index is 12.2. The monoisotopic (exact) mass is 381 g/mol. The van der Waals surface area contributed by atoms with Gasteiger partial charge in [0.2, 0.25) is 0 Å². The van der Waals surface area contributed by atoms with Crippen LogP contribution >= 0.6 is 0 Å². The van der Waals surface area contributed by atoms with E-state index in [0.29, 0.717) is 22.2 Å². The third kappa shape index (κ3) is 4.17. The van der Waals surface area contributed by atoms with Crippen molar-refractivity contribution in [2.45, 2.75) is 13.0 Å². The van der Waals surface area contributed by atoms with Crippen molar-refractivity contribution in [3.8, 4) is 5.75 Å². The smallest absolute Gasteiger partial charge is 0.326 e. The summed E-state index contributed by atoms with van der Waals surface area (Å²) in [6.45, 7) is 1.26. The Labute approximate surface area is 160 Å². The molecule has 1 atom stereocenters. The molecule has 0 spiro atoms. The summed E-state index contributed by atoms with van der Waals surface area (Å²) in [5.41, 5.74) is 0.507. The van der Waals surface area contributed by atoms with Crippen LogP contribution in [0.15, 0.2) is 53.3 Å². The number of carbonyl (C=O) groups is 2. The summed E-state index contributed by atoms with van der Waals surface area (Å²) >= 11 is 0. The Hall–Kier alpha value is -3.68. The highest BCUT2D eigenvalue weighted by atomic mass is 16.5. The molecule has 3 rings (SSSR count). The lowest BCUT2D eigenvalue weighted by Crippen LogP contribution is -2.31. The Bertz CT molecular complexity index is 1080. The van der Waals surface area contributed by atoms with Gasteiger partial charge in [-0.1, -0.05) is 24.3 Å². The SMILES string of the molecule is COc1ccccc1C(=O)NCC(=O)OC(C)c1nc2ccccc2c(=O)[nH]1. The summed E-state index contributed by atoms with van der Waals surface area (Å²) in [4.78, 5) is 43.3. The van der Waals surface area contributed by atoms with E-state index in [2.05, 4.69) is 15.3 Å². The van der Waals surface area contributed by atoms with Gasteiger partial charge in [-0.3, -0.25) is 14.4 Å². The summed E-state index contributed by atoms with van der Waals surface area (Å²) in [5.74, 6) is -0.487. The minimum Gasteiger partial charge on any atom is -0.496 e. The molecule has 1 unspecified atom stereocenters. The van der Waals surface area contributed by atoms with Crippen molar-refractivity contribution in [1.82, 2.24) is 15.3 Å². The predicted molar refractivity (Wildman–Crippen MR) is 102 cm³/mol. The molecule has 144 valence electrons. The number of hydrogen-bond donors (Lipinski definition) is 2. The molecule has 1 heterocycles. The molecule has 2 N–H and O–H groups in total. The number of benzene rings is 2. The molecule has 8 nitrogen and oxygen atoms in total. The molecule has 0 saturated heterocycles. The zero-order chi connectivity index (χ0) is 20.1. The Balaban J connectivity index is 1.63. The number of aromatic amines is 1. The van der Waals surface area contributed by atoms with E-state index in [4.69, 9.17) is 9.47 Å². The molecule has 1 aromatic heterocycles. The summed E-state index contributed by atoms with van der Waals surface area (Å²) < 4.78 is 10.4. The fourth-order valence-corrected chi connectivity index (χ4v) is 2.67. The predicted octanol–water partition coefficient (Wildman–Crippen LogP) is 1.97. The lowest BCUT2D eigenvalue weighted by molar-refractivity contribution is -0.147. The van der Waals surface area contributed by atoms with Crippen molar-refractivity contribution >= 4 is 22.8 Å². The number of esters is 1. The van der Waals surface area contributed by atoms with Crippen LogP contribution in [0.2, 0.25) is 0 Å². The first-order valence-electron chi connectivity index (χ1n) is 8.59. The summed E-state index contributed by atoms with van der Waals surface area (Å²) in [7, 11) is 1.46. The zero-order valence-electron chi connectivity index (χ0n) is 15.4. The molecule has 0 aliphatic rings. The number of methoxy groups -OCH3 is 1. The fraction of sp³-hybridized carbons (Fsp3) is 0.200. The minimum atomic E-state index is -0.784. The third-order valence-electron chi connectivity index (χ3n) is 4.07. The van der Waals surface area contributed by atoms with Crippen LogP contribution in [0.4, 0.5) is 0 Å². The van der Waals surface area contributed by atoms with E-state index in [0.717, 1.165) is 0 Å².